The smallest absolute Gasteiger partial charge is 0.0368 e. The molecule has 2 aliphatic heterocycles. The van der Waals surface area contributed by atoms with Gasteiger partial charge in [0.1, 0.15) is 0 Å². The summed E-state index contributed by atoms with van der Waals surface area (Å²) in [5.74, 6) is 0. The third-order valence-corrected chi connectivity index (χ3v) is 5.29. The molecule has 1 aromatic carbocycles. The maximum atomic E-state index is 5.17. The zero-order chi connectivity index (χ0) is 15.5. The maximum absolute atomic E-state index is 5.17. The molecule has 23 heavy (non-hydrogen) atoms. The number of anilines is 2. The molecule has 3 rings (SSSR count). The molecule has 0 amide bonds. The summed E-state index contributed by atoms with van der Waals surface area (Å²) in [6.45, 7) is 8.49. The summed E-state index contributed by atoms with van der Waals surface area (Å²) in [4.78, 5) is 9.48. The van der Waals surface area contributed by atoms with E-state index in [9.17, 15) is 0 Å². The van der Waals surface area contributed by atoms with Crippen molar-refractivity contribution in [2.75, 3.05) is 69.2 Å². The van der Waals surface area contributed by atoms with Gasteiger partial charge in [-0.15, -0.1) is 0 Å². The van der Waals surface area contributed by atoms with Gasteiger partial charge in [0.2, 0.25) is 0 Å². The van der Waals surface area contributed by atoms with Crippen LogP contribution in [0.1, 0.15) is 0 Å². The van der Waals surface area contributed by atoms with Gasteiger partial charge >= 0.3 is 0 Å². The number of rotatable bonds is 3. The summed E-state index contributed by atoms with van der Waals surface area (Å²) >= 11 is 10.3. The van der Waals surface area contributed by atoms with Crippen LogP contribution in [0, 0.1) is 0 Å². The molecule has 0 aromatic heterocycles. The minimum absolute atomic E-state index is 0. The summed E-state index contributed by atoms with van der Waals surface area (Å²) < 4.78 is -0.165. The van der Waals surface area contributed by atoms with Crippen molar-refractivity contribution in [3.63, 3.8) is 0 Å². The third kappa shape index (κ3) is 5.08. The molecule has 2 fully saturated rings. The first-order chi connectivity index (χ1) is 10.6. The second kappa shape index (κ2) is 9.04. The summed E-state index contributed by atoms with van der Waals surface area (Å²) in [5.41, 5.74) is 2.65. The molecule has 0 atom stereocenters. The maximum Gasteiger partial charge on any atom is 0.0368 e. The topological polar surface area (TPSA) is 13.0 Å². The van der Waals surface area contributed by atoms with Crippen molar-refractivity contribution < 1.29 is 22.4 Å². The van der Waals surface area contributed by atoms with Gasteiger partial charge in [-0.1, -0.05) is 0 Å². The molecular formula is C16H24AuN4S2-2. The molecule has 0 N–H and O–H groups in total. The predicted octanol–water partition coefficient (Wildman–Crippen LogP) is 0.935. The zero-order valence-electron chi connectivity index (χ0n) is 13.5. The van der Waals surface area contributed by atoms with Crippen molar-refractivity contribution in [1.82, 2.24) is 9.80 Å². The number of likely N-dealkylation sites (N-methyl/N-ethyl adjacent to an activating group) is 1. The van der Waals surface area contributed by atoms with Crippen molar-refractivity contribution in [3.05, 3.63) is 24.3 Å². The summed E-state index contributed by atoms with van der Waals surface area (Å²) in [6, 6.07) is 9.02. The van der Waals surface area contributed by atoms with E-state index in [4.69, 9.17) is 25.3 Å². The van der Waals surface area contributed by atoms with Crippen LogP contribution in [0.3, 0.4) is 0 Å². The van der Waals surface area contributed by atoms with E-state index in [2.05, 4.69) is 50.9 Å². The molecule has 0 aliphatic carbocycles. The molecule has 1 aromatic rings. The van der Waals surface area contributed by atoms with Gasteiger partial charge in [-0.05, 0) is 31.3 Å². The SMILES string of the molecule is CN1CCN(c2ccc(N3CCN(C([S-])[S-])CC3)cc2)CC1.[Au]. The molecule has 133 valence electrons. The van der Waals surface area contributed by atoms with Crippen LogP contribution < -0.4 is 9.80 Å². The van der Waals surface area contributed by atoms with Gasteiger partial charge in [0.15, 0.2) is 0 Å². The van der Waals surface area contributed by atoms with E-state index < -0.39 is 0 Å². The average Bonchev–Trinajstić information content (AvgIpc) is 2.56. The Labute approximate surface area is 166 Å². The molecule has 0 unspecified atom stereocenters. The summed E-state index contributed by atoms with van der Waals surface area (Å²) in [7, 11) is 2.19. The number of hydrogen-bond acceptors (Lipinski definition) is 6. The second-order valence-electron chi connectivity index (χ2n) is 6.14. The van der Waals surface area contributed by atoms with E-state index in [1.165, 1.54) is 11.4 Å². The molecule has 0 saturated carbocycles. The molecule has 2 heterocycles. The van der Waals surface area contributed by atoms with Gasteiger partial charge in [0.05, 0.1) is 0 Å². The molecule has 0 bridgehead atoms. The quantitative estimate of drug-likeness (QED) is 0.421. The molecule has 7 heteroatoms. The molecule has 1 radical (unpaired) electrons. The molecule has 2 saturated heterocycles. The number of piperazine rings is 2. The van der Waals surface area contributed by atoms with Crippen molar-refractivity contribution in [1.29, 1.82) is 0 Å². The first kappa shape index (κ1) is 19.5. The van der Waals surface area contributed by atoms with Gasteiger partial charge in [-0.2, -0.15) is 0 Å². The monoisotopic (exact) mass is 533 g/mol. The van der Waals surface area contributed by atoms with Gasteiger partial charge in [0, 0.05) is 86.1 Å². The Hall–Kier alpha value is 0.180. The number of hydrogen-bond donors (Lipinski definition) is 0. The summed E-state index contributed by atoms with van der Waals surface area (Å²) in [5, 5.41) is 0. The Morgan fingerprint density at radius 3 is 1.52 bits per heavy atom. The Bertz CT molecular complexity index is 469. The van der Waals surface area contributed by atoms with Gasteiger partial charge in [0.25, 0.3) is 0 Å². The van der Waals surface area contributed by atoms with E-state index in [1.54, 1.807) is 0 Å². The Morgan fingerprint density at radius 1 is 0.739 bits per heavy atom. The molecule has 4 nitrogen and oxygen atoms in total. The Morgan fingerprint density at radius 2 is 1.13 bits per heavy atom. The van der Waals surface area contributed by atoms with Crippen LogP contribution in [-0.2, 0) is 47.6 Å². The van der Waals surface area contributed by atoms with E-state index in [0.717, 1.165) is 52.4 Å². The van der Waals surface area contributed by atoms with E-state index in [1.807, 2.05) is 0 Å². The molecule has 2 aliphatic rings. The van der Waals surface area contributed by atoms with Crippen LogP contribution in [0.5, 0.6) is 0 Å². The van der Waals surface area contributed by atoms with Crippen LogP contribution in [0.15, 0.2) is 24.3 Å². The largest absolute Gasteiger partial charge is 0.800 e. The fourth-order valence-corrected chi connectivity index (χ4v) is 3.55. The van der Waals surface area contributed by atoms with Crippen LogP contribution in [-0.4, -0.2) is 73.9 Å². The van der Waals surface area contributed by atoms with Crippen LogP contribution in [0.4, 0.5) is 11.4 Å². The minimum atomic E-state index is -0.165. The summed E-state index contributed by atoms with van der Waals surface area (Å²) in [6.07, 6.45) is 0. The Balaban J connectivity index is 0.00000192. The van der Waals surface area contributed by atoms with Crippen molar-refractivity contribution >= 4 is 36.6 Å². The second-order valence-corrected chi connectivity index (χ2v) is 7.33. The standard InChI is InChI=1S/C16H26N4S2.Au/c1-17-6-8-18(9-7-17)14-2-4-15(5-3-14)19-10-12-20(13-11-19)16(21)22;/h2-5,16,21-22H,6-13H2,1H3;/p-2. The predicted molar refractivity (Wildman–Crippen MR) is 98.5 cm³/mol. The average molecular weight is 533 g/mol. The number of nitrogens with zero attached hydrogens (tertiary/aromatic N) is 4. The fraction of sp³-hybridized carbons (Fsp3) is 0.625. The molecular weight excluding hydrogens is 509 g/mol. The first-order valence-electron chi connectivity index (χ1n) is 7.98. The van der Waals surface area contributed by atoms with Gasteiger partial charge in [-0.25, -0.2) is 4.71 Å². The first-order valence-corrected chi connectivity index (χ1v) is 8.92. The van der Waals surface area contributed by atoms with Crippen molar-refractivity contribution in [3.8, 4) is 0 Å². The zero-order valence-corrected chi connectivity index (χ0v) is 17.2. The van der Waals surface area contributed by atoms with Crippen LogP contribution >= 0.6 is 0 Å². The minimum Gasteiger partial charge on any atom is -0.800 e. The van der Waals surface area contributed by atoms with Crippen molar-refractivity contribution in [2.45, 2.75) is 4.71 Å². The van der Waals surface area contributed by atoms with Crippen LogP contribution in [0.2, 0.25) is 0 Å². The van der Waals surface area contributed by atoms with Crippen molar-refractivity contribution in [2.24, 2.45) is 0 Å². The van der Waals surface area contributed by atoms with Gasteiger partial charge in [-0.3, -0.25) is 0 Å². The normalized spacial score (nSPS) is 20.7. The Kier molecular flexibility index (Phi) is 7.66. The van der Waals surface area contributed by atoms with Crippen LogP contribution in [0.25, 0.3) is 0 Å². The van der Waals surface area contributed by atoms with E-state index in [0.29, 0.717) is 0 Å². The van der Waals surface area contributed by atoms with E-state index >= 15 is 0 Å². The number of benzene rings is 1. The molecule has 0 spiro atoms. The fourth-order valence-electron chi connectivity index (χ4n) is 3.13. The van der Waals surface area contributed by atoms with E-state index in [-0.39, 0.29) is 27.1 Å². The third-order valence-electron chi connectivity index (χ3n) is 4.70. The van der Waals surface area contributed by atoms with Gasteiger partial charge < -0.3 is 44.9 Å².